The lowest BCUT2D eigenvalue weighted by Gasteiger charge is -2.19. The molecule has 3 rings (SSSR count). The van der Waals surface area contributed by atoms with Gasteiger partial charge in [0.25, 0.3) is 5.91 Å². The van der Waals surface area contributed by atoms with Gasteiger partial charge in [-0.05, 0) is 42.2 Å². The zero-order chi connectivity index (χ0) is 20.1. The molecule has 0 radical (unpaired) electrons. The number of benzene rings is 1. The van der Waals surface area contributed by atoms with Gasteiger partial charge in [0.05, 0.1) is 12.0 Å². The minimum atomic E-state index is -0.333. The number of aromatic nitrogens is 2. The molecule has 5 nitrogen and oxygen atoms in total. The predicted molar refractivity (Wildman–Crippen MR) is 113 cm³/mol. The smallest absolute Gasteiger partial charge is 0.262 e. The summed E-state index contributed by atoms with van der Waals surface area (Å²) in [6.07, 6.45) is 6.68. The van der Waals surface area contributed by atoms with E-state index in [1.807, 2.05) is 48.1 Å². The van der Waals surface area contributed by atoms with Gasteiger partial charge in [-0.3, -0.25) is 4.79 Å². The number of thiophene rings is 1. The van der Waals surface area contributed by atoms with Gasteiger partial charge in [-0.15, -0.1) is 11.3 Å². The van der Waals surface area contributed by atoms with Crippen LogP contribution in [0.5, 0.6) is 5.75 Å². The van der Waals surface area contributed by atoms with Crippen LogP contribution in [0.4, 0.5) is 0 Å². The summed E-state index contributed by atoms with van der Waals surface area (Å²) in [5.41, 5.74) is 2.24. The van der Waals surface area contributed by atoms with Crippen molar-refractivity contribution in [1.29, 1.82) is 0 Å². The lowest BCUT2D eigenvalue weighted by molar-refractivity contribution is 0.0945. The number of hydrogen-bond acceptors (Lipinski definition) is 4. The summed E-state index contributed by atoms with van der Waals surface area (Å²) in [6.45, 7) is 4.30. The molecule has 0 aliphatic carbocycles. The average Bonchev–Trinajstić information content (AvgIpc) is 3.32. The third-order valence-electron chi connectivity index (χ3n) is 4.82. The molecule has 1 N–H and O–H groups in total. The predicted octanol–water partition coefficient (Wildman–Crippen LogP) is 4.52. The number of amides is 1. The highest BCUT2D eigenvalue weighted by Crippen LogP contribution is 2.27. The molecule has 0 spiro atoms. The third-order valence-corrected chi connectivity index (χ3v) is 6.06. The topological polar surface area (TPSA) is 56.1 Å². The number of nitrogens with zero attached hydrogens (tertiary/aromatic N) is 2. The van der Waals surface area contributed by atoms with E-state index in [9.17, 15) is 4.79 Å². The Kier molecular flexibility index (Phi) is 6.52. The number of imidazole rings is 1. The van der Waals surface area contributed by atoms with Crippen LogP contribution in [0.2, 0.25) is 0 Å². The molecule has 0 aliphatic rings. The molecule has 1 amide bonds. The minimum Gasteiger partial charge on any atom is -0.497 e. The van der Waals surface area contributed by atoms with Crippen LogP contribution in [-0.2, 0) is 19.9 Å². The molecule has 148 valence electrons. The quantitative estimate of drug-likeness (QED) is 0.608. The van der Waals surface area contributed by atoms with Gasteiger partial charge in [-0.25, -0.2) is 4.98 Å². The number of methoxy groups -OCH3 is 1. The Labute approximate surface area is 170 Å². The van der Waals surface area contributed by atoms with Crippen LogP contribution in [0.1, 0.15) is 57.8 Å². The lowest BCUT2D eigenvalue weighted by atomic mass is 10.1. The molecule has 1 unspecified atom stereocenters. The van der Waals surface area contributed by atoms with Crippen molar-refractivity contribution < 1.29 is 9.53 Å². The van der Waals surface area contributed by atoms with E-state index in [-0.39, 0.29) is 11.9 Å². The van der Waals surface area contributed by atoms with Crippen molar-refractivity contribution >= 4 is 17.2 Å². The van der Waals surface area contributed by atoms with Crippen molar-refractivity contribution in [2.24, 2.45) is 7.05 Å². The van der Waals surface area contributed by atoms with Crippen LogP contribution in [0.3, 0.4) is 0 Å². The number of carbonyl (C=O) groups excluding carboxylic acids is 1. The largest absolute Gasteiger partial charge is 0.497 e. The van der Waals surface area contributed by atoms with Gasteiger partial charge in [-0.2, -0.15) is 0 Å². The van der Waals surface area contributed by atoms with Gasteiger partial charge >= 0.3 is 0 Å². The molecule has 0 saturated carbocycles. The van der Waals surface area contributed by atoms with Gasteiger partial charge < -0.3 is 14.6 Å². The minimum absolute atomic E-state index is 0.0640. The third kappa shape index (κ3) is 4.28. The first kappa shape index (κ1) is 20.1. The highest BCUT2D eigenvalue weighted by atomic mass is 32.1. The maximum atomic E-state index is 13.1. The van der Waals surface area contributed by atoms with E-state index in [0.717, 1.165) is 41.3 Å². The van der Waals surface area contributed by atoms with E-state index >= 15 is 0 Å². The molecule has 0 fully saturated rings. The van der Waals surface area contributed by atoms with Crippen molar-refractivity contribution in [3.8, 4) is 5.75 Å². The Bertz CT molecular complexity index is 928. The molecular formula is C22H27N3O2S. The van der Waals surface area contributed by atoms with Crippen LogP contribution in [0, 0.1) is 0 Å². The first-order chi connectivity index (χ1) is 13.6. The summed E-state index contributed by atoms with van der Waals surface area (Å²) >= 11 is 1.60. The van der Waals surface area contributed by atoms with Crippen molar-refractivity contribution in [3.05, 3.63) is 69.4 Å². The standard InChI is InChI=1S/C22H27N3O2S/c1-5-7-18-15(6-2)14-19(28-18)22(26)24-20(21-23-12-13-25(21)3)16-8-10-17(27-4)11-9-16/h8-14,20H,5-7H2,1-4H3,(H,24,26). The molecule has 2 aromatic heterocycles. The van der Waals surface area contributed by atoms with Crippen molar-refractivity contribution in [2.45, 2.75) is 39.2 Å². The average molecular weight is 398 g/mol. The van der Waals surface area contributed by atoms with Gasteiger partial charge in [-0.1, -0.05) is 32.4 Å². The Morgan fingerprint density at radius 2 is 2.04 bits per heavy atom. The van der Waals surface area contributed by atoms with E-state index in [1.165, 1.54) is 10.4 Å². The second kappa shape index (κ2) is 9.06. The molecular weight excluding hydrogens is 370 g/mol. The number of rotatable bonds is 8. The second-order valence-corrected chi connectivity index (χ2v) is 7.88. The van der Waals surface area contributed by atoms with Crippen LogP contribution >= 0.6 is 11.3 Å². The summed E-state index contributed by atoms with van der Waals surface area (Å²) in [7, 11) is 3.58. The maximum absolute atomic E-state index is 13.1. The number of hydrogen-bond donors (Lipinski definition) is 1. The molecule has 0 saturated heterocycles. The summed E-state index contributed by atoms with van der Waals surface area (Å²) in [5, 5.41) is 3.18. The molecule has 6 heteroatoms. The number of ether oxygens (including phenoxy) is 1. The van der Waals surface area contributed by atoms with Crippen LogP contribution in [0.25, 0.3) is 0 Å². The van der Waals surface area contributed by atoms with Gasteiger partial charge in [0.2, 0.25) is 0 Å². The fraction of sp³-hybridized carbons (Fsp3) is 0.364. The first-order valence-electron chi connectivity index (χ1n) is 9.60. The lowest BCUT2D eigenvalue weighted by Crippen LogP contribution is -2.30. The summed E-state index contributed by atoms with van der Waals surface area (Å²) < 4.78 is 7.19. The number of aryl methyl sites for hydroxylation is 3. The molecule has 3 aromatic rings. The summed E-state index contributed by atoms with van der Waals surface area (Å²) in [5.74, 6) is 1.51. The second-order valence-electron chi connectivity index (χ2n) is 6.74. The van der Waals surface area contributed by atoms with E-state index < -0.39 is 0 Å². The first-order valence-corrected chi connectivity index (χ1v) is 10.4. The highest BCUT2D eigenvalue weighted by Gasteiger charge is 2.23. The van der Waals surface area contributed by atoms with Gasteiger partial charge in [0, 0.05) is 24.3 Å². The monoisotopic (exact) mass is 397 g/mol. The van der Waals surface area contributed by atoms with E-state index in [1.54, 1.807) is 24.6 Å². The number of carbonyl (C=O) groups is 1. The Morgan fingerprint density at radius 3 is 2.61 bits per heavy atom. The normalized spacial score (nSPS) is 12.0. The Hall–Kier alpha value is -2.60. The van der Waals surface area contributed by atoms with Crippen LogP contribution in [-0.4, -0.2) is 22.6 Å². The summed E-state index contributed by atoms with van der Waals surface area (Å²) in [6, 6.07) is 9.43. The molecule has 1 atom stereocenters. The van der Waals surface area contributed by atoms with Crippen molar-refractivity contribution in [2.75, 3.05) is 7.11 Å². The molecule has 28 heavy (non-hydrogen) atoms. The Morgan fingerprint density at radius 1 is 1.29 bits per heavy atom. The SMILES string of the molecule is CCCc1sc(C(=O)NC(c2ccc(OC)cc2)c2nccn2C)cc1CC. The van der Waals surface area contributed by atoms with Gasteiger partial charge in [0.15, 0.2) is 0 Å². The van der Waals surface area contributed by atoms with Gasteiger partial charge in [0.1, 0.15) is 17.6 Å². The highest BCUT2D eigenvalue weighted by molar-refractivity contribution is 7.14. The molecule has 1 aromatic carbocycles. The van der Waals surface area contributed by atoms with Crippen molar-refractivity contribution in [3.63, 3.8) is 0 Å². The van der Waals surface area contributed by atoms with E-state index in [0.29, 0.717) is 0 Å². The fourth-order valence-electron chi connectivity index (χ4n) is 3.27. The van der Waals surface area contributed by atoms with E-state index in [2.05, 4.69) is 24.1 Å². The Balaban J connectivity index is 1.91. The summed E-state index contributed by atoms with van der Waals surface area (Å²) in [4.78, 5) is 19.6. The van der Waals surface area contributed by atoms with E-state index in [4.69, 9.17) is 4.74 Å². The zero-order valence-corrected chi connectivity index (χ0v) is 17.7. The van der Waals surface area contributed by atoms with Crippen LogP contribution < -0.4 is 10.1 Å². The molecule has 0 aliphatic heterocycles. The zero-order valence-electron chi connectivity index (χ0n) is 16.9. The fourth-order valence-corrected chi connectivity index (χ4v) is 4.53. The van der Waals surface area contributed by atoms with Crippen LogP contribution in [0.15, 0.2) is 42.7 Å². The molecule has 2 heterocycles. The van der Waals surface area contributed by atoms with Crippen molar-refractivity contribution in [1.82, 2.24) is 14.9 Å². The number of nitrogens with one attached hydrogen (secondary N) is 1. The molecule has 0 bridgehead atoms. The maximum Gasteiger partial charge on any atom is 0.262 e.